The van der Waals surface area contributed by atoms with Crippen molar-refractivity contribution in [2.45, 2.75) is 32.6 Å². The zero-order valence-corrected chi connectivity index (χ0v) is 13.3. The minimum Gasteiger partial charge on any atom is -0.466 e. The molecule has 124 valence electrons. The number of nitrogens with one attached hydrogen (secondary N) is 1. The average Bonchev–Trinajstić information content (AvgIpc) is 2.56. The lowest BCUT2D eigenvalue weighted by Gasteiger charge is -2.26. The van der Waals surface area contributed by atoms with Gasteiger partial charge in [0.05, 0.1) is 6.61 Å². The standard InChI is InChI=1S/C17H22N2O4/c1-2-23-16(21)12-15(20)18-14-8-6-13(7-9-14)17(22)19-10-4-3-5-11-19/h6-9H,2-5,10-12H2,1H3,(H,18,20). The lowest BCUT2D eigenvalue weighted by atomic mass is 10.1. The third-order valence-corrected chi connectivity index (χ3v) is 3.67. The number of hydrogen-bond donors (Lipinski definition) is 1. The summed E-state index contributed by atoms with van der Waals surface area (Å²) >= 11 is 0. The minimum atomic E-state index is -0.554. The third-order valence-electron chi connectivity index (χ3n) is 3.67. The maximum Gasteiger partial charge on any atom is 0.315 e. The van der Waals surface area contributed by atoms with Crippen molar-refractivity contribution in [3.05, 3.63) is 29.8 Å². The Hall–Kier alpha value is -2.37. The maximum atomic E-state index is 12.3. The van der Waals surface area contributed by atoms with Gasteiger partial charge in [-0.3, -0.25) is 14.4 Å². The van der Waals surface area contributed by atoms with E-state index < -0.39 is 11.9 Å². The van der Waals surface area contributed by atoms with Gasteiger partial charge in [0.2, 0.25) is 5.91 Å². The number of ether oxygens (including phenoxy) is 1. The highest BCUT2D eigenvalue weighted by Gasteiger charge is 2.18. The van der Waals surface area contributed by atoms with Gasteiger partial charge in [-0.25, -0.2) is 0 Å². The highest BCUT2D eigenvalue weighted by molar-refractivity contribution is 6.02. The number of benzene rings is 1. The highest BCUT2D eigenvalue weighted by atomic mass is 16.5. The highest BCUT2D eigenvalue weighted by Crippen LogP contribution is 2.15. The number of anilines is 1. The molecule has 1 aromatic carbocycles. The fourth-order valence-corrected chi connectivity index (χ4v) is 2.52. The molecular weight excluding hydrogens is 296 g/mol. The van der Waals surface area contributed by atoms with Gasteiger partial charge in [0.25, 0.3) is 5.91 Å². The van der Waals surface area contributed by atoms with E-state index in [0.717, 1.165) is 25.9 Å². The summed E-state index contributed by atoms with van der Waals surface area (Å²) in [6.45, 7) is 3.54. The zero-order valence-electron chi connectivity index (χ0n) is 13.3. The van der Waals surface area contributed by atoms with Crippen LogP contribution < -0.4 is 5.32 Å². The SMILES string of the molecule is CCOC(=O)CC(=O)Nc1ccc(C(=O)N2CCCCC2)cc1. The van der Waals surface area contributed by atoms with Crippen LogP contribution in [0.5, 0.6) is 0 Å². The Kier molecular flexibility index (Phi) is 6.14. The minimum absolute atomic E-state index is 0.0223. The Morgan fingerprint density at radius 3 is 2.35 bits per heavy atom. The molecule has 1 aromatic rings. The second kappa shape index (κ2) is 8.31. The van der Waals surface area contributed by atoms with Crippen LogP contribution in [0.25, 0.3) is 0 Å². The van der Waals surface area contributed by atoms with Gasteiger partial charge in [0.15, 0.2) is 0 Å². The summed E-state index contributed by atoms with van der Waals surface area (Å²) in [6, 6.07) is 6.72. The molecule has 0 atom stereocenters. The lowest BCUT2D eigenvalue weighted by Crippen LogP contribution is -2.35. The molecular formula is C17H22N2O4. The predicted molar refractivity (Wildman–Crippen MR) is 86.1 cm³/mol. The molecule has 1 fully saturated rings. The van der Waals surface area contributed by atoms with E-state index in [4.69, 9.17) is 4.74 Å². The average molecular weight is 318 g/mol. The van der Waals surface area contributed by atoms with E-state index in [9.17, 15) is 14.4 Å². The summed E-state index contributed by atoms with van der Waals surface area (Å²) in [5.41, 5.74) is 1.16. The molecule has 1 heterocycles. The summed E-state index contributed by atoms with van der Waals surface area (Å²) in [5, 5.41) is 2.61. The summed E-state index contributed by atoms with van der Waals surface area (Å²) in [4.78, 5) is 37.1. The number of esters is 1. The first-order valence-electron chi connectivity index (χ1n) is 7.95. The molecule has 1 saturated heterocycles. The van der Waals surface area contributed by atoms with Crippen LogP contribution in [-0.2, 0) is 14.3 Å². The van der Waals surface area contributed by atoms with Gasteiger partial charge in [0, 0.05) is 24.3 Å². The van der Waals surface area contributed by atoms with Gasteiger partial charge in [-0.1, -0.05) is 0 Å². The van der Waals surface area contributed by atoms with Crippen molar-refractivity contribution >= 4 is 23.5 Å². The van der Waals surface area contributed by atoms with Crippen molar-refractivity contribution in [3.63, 3.8) is 0 Å². The summed E-state index contributed by atoms with van der Waals surface area (Å²) in [6.07, 6.45) is 2.96. The van der Waals surface area contributed by atoms with E-state index in [1.807, 2.05) is 4.90 Å². The summed E-state index contributed by atoms with van der Waals surface area (Å²) in [5.74, 6) is -0.963. The van der Waals surface area contributed by atoms with Crippen molar-refractivity contribution in [3.8, 4) is 0 Å². The van der Waals surface area contributed by atoms with Crippen LogP contribution in [0.1, 0.15) is 43.0 Å². The van der Waals surface area contributed by atoms with Crippen LogP contribution in [-0.4, -0.2) is 42.4 Å². The van der Waals surface area contributed by atoms with Crippen LogP contribution in [0, 0.1) is 0 Å². The van der Waals surface area contributed by atoms with Gasteiger partial charge in [-0.15, -0.1) is 0 Å². The first kappa shape index (κ1) is 17.0. The van der Waals surface area contributed by atoms with Crippen LogP contribution in [0.4, 0.5) is 5.69 Å². The molecule has 23 heavy (non-hydrogen) atoms. The quantitative estimate of drug-likeness (QED) is 0.667. The topological polar surface area (TPSA) is 75.7 Å². The molecule has 0 saturated carbocycles. The van der Waals surface area contributed by atoms with Crippen LogP contribution in [0.2, 0.25) is 0 Å². The Balaban J connectivity index is 1.90. The molecule has 0 radical (unpaired) electrons. The molecule has 6 heteroatoms. The molecule has 0 aromatic heterocycles. The molecule has 0 bridgehead atoms. The molecule has 2 amide bonds. The van der Waals surface area contributed by atoms with Crippen molar-refractivity contribution in [1.29, 1.82) is 0 Å². The van der Waals surface area contributed by atoms with Crippen molar-refractivity contribution in [2.24, 2.45) is 0 Å². The van der Waals surface area contributed by atoms with E-state index in [1.165, 1.54) is 6.42 Å². The van der Waals surface area contributed by atoms with E-state index in [0.29, 0.717) is 11.3 Å². The Bertz CT molecular complexity index is 562. The number of carbonyl (C=O) groups is 3. The largest absolute Gasteiger partial charge is 0.466 e. The van der Waals surface area contributed by atoms with Crippen LogP contribution >= 0.6 is 0 Å². The molecule has 1 aliphatic rings. The fraction of sp³-hybridized carbons (Fsp3) is 0.471. The zero-order chi connectivity index (χ0) is 16.7. The van der Waals surface area contributed by atoms with Crippen molar-refractivity contribution < 1.29 is 19.1 Å². The van der Waals surface area contributed by atoms with Crippen molar-refractivity contribution in [2.75, 3.05) is 25.0 Å². The maximum absolute atomic E-state index is 12.3. The first-order chi connectivity index (χ1) is 11.1. The van der Waals surface area contributed by atoms with Gasteiger partial charge in [-0.05, 0) is 50.5 Å². The number of carbonyl (C=O) groups excluding carboxylic acids is 3. The van der Waals surface area contributed by atoms with E-state index >= 15 is 0 Å². The van der Waals surface area contributed by atoms with E-state index in [-0.39, 0.29) is 18.9 Å². The fourth-order valence-electron chi connectivity index (χ4n) is 2.52. The van der Waals surface area contributed by atoms with Gasteiger partial charge < -0.3 is 15.0 Å². The number of piperidine rings is 1. The predicted octanol–water partition coefficient (Wildman–Crippen LogP) is 2.20. The Morgan fingerprint density at radius 2 is 1.74 bits per heavy atom. The number of nitrogens with zero attached hydrogens (tertiary/aromatic N) is 1. The normalized spacial score (nSPS) is 14.2. The Morgan fingerprint density at radius 1 is 1.09 bits per heavy atom. The van der Waals surface area contributed by atoms with Gasteiger partial charge in [0.1, 0.15) is 6.42 Å². The van der Waals surface area contributed by atoms with Gasteiger partial charge in [-0.2, -0.15) is 0 Å². The number of hydrogen-bond acceptors (Lipinski definition) is 4. The molecule has 2 rings (SSSR count). The van der Waals surface area contributed by atoms with Gasteiger partial charge >= 0.3 is 5.97 Å². The molecule has 6 nitrogen and oxygen atoms in total. The number of likely N-dealkylation sites (tertiary alicyclic amines) is 1. The molecule has 1 aliphatic heterocycles. The van der Waals surface area contributed by atoms with Crippen LogP contribution in [0.3, 0.4) is 0 Å². The number of amides is 2. The van der Waals surface area contributed by atoms with Crippen LogP contribution in [0.15, 0.2) is 24.3 Å². The number of rotatable bonds is 5. The molecule has 1 N–H and O–H groups in total. The lowest BCUT2D eigenvalue weighted by molar-refractivity contribution is -0.145. The first-order valence-corrected chi connectivity index (χ1v) is 7.95. The molecule has 0 spiro atoms. The second-order valence-corrected chi connectivity index (χ2v) is 5.46. The van der Waals surface area contributed by atoms with E-state index in [1.54, 1.807) is 31.2 Å². The second-order valence-electron chi connectivity index (χ2n) is 5.46. The smallest absolute Gasteiger partial charge is 0.315 e. The Labute approximate surface area is 135 Å². The third kappa shape index (κ3) is 5.09. The monoisotopic (exact) mass is 318 g/mol. The van der Waals surface area contributed by atoms with E-state index in [2.05, 4.69) is 5.32 Å². The molecule has 0 unspecified atom stereocenters. The molecule has 0 aliphatic carbocycles. The summed E-state index contributed by atoms with van der Waals surface area (Å²) in [7, 11) is 0. The summed E-state index contributed by atoms with van der Waals surface area (Å²) < 4.78 is 4.72. The van der Waals surface area contributed by atoms with Crippen molar-refractivity contribution in [1.82, 2.24) is 4.90 Å².